The summed E-state index contributed by atoms with van der Waals surface area (Å²) in [6.45, 7) is -0.429. The van der Waals surface area contributed by atoms with E-state index < -0.39 is 6.55 Å². The molecule has 1 aromatic carbocycles. The van der Waals surface area contributed by atoms with Gasteiger partial charge in [-0.15, -0.1) is 0 Å². The zero-order valence-corrected chi connectivity index (χ0v) is 19.7. The SMILES string of the molecule is NC(=O)CNC1CCC(Nc2nc(N3CCOCC3)nc(N3c4ccccc4NN3C(F)F)n2)CC1. The second-order valence-corrected chi connectivity index (χ2v) is 8.96. The van der Waals surface area contributed by atoms with E-state index in [9.17, 15) is 13.6 Å². The highest BCUT2D eigenvalue weighted by atomic mass is 19.3. The maximum atomic E-state index is 14.0. The van der Waals surface area contributed by atoms with E-state index in [4.69, 9.17) is 10.5 Å². The van der Waals surface area contributed by atoms with Gasteiger partial charge in [-0.3, -0.25) is 10.2 Å². The number of carbonyl (C=O) groups is 1. The average molecular weight is 505 g/mol. The molecule has 0 atom stereocenters. The third-order valence-electron chi connectivity index (χ3n) is 6.49. The summed E-state index contributed by atoms with van der Waals surface area (Å²) < 4.78 is 33.4. The third-order valence-corrected chi connectivity index (χ3v) is 6.49. The molecule has 1 saturated carbocycles. The number of halogens is 2. The van der Waals surface area contributed by atoms with E-state index >= 15 is 0 Å². The monoisotopic (exact) mass is 504 g/mol. The van der Waals surface area contributed by atoms with Crippen LogP contribution in [0.15, 0.2) is 24.3 Å². The summed E-state index contributed by atoms with van der Waals surface area (Å²) in [6.07, 6.45) is 3.40. The number of para-hydroxylation sites is 2. The molecule has 0 radical (unpaired) electrons. The molecule has 12 nitrogen and oxygen atoms in total. The summed E-state index contributed by atoms with van der Waals surface area (Å²) in [5.74, 6) is 0.442. The molecule has 194 valence electrons. The van der Waals surface area contributed by atoms with Crippen LogP contribution in [0.3, 0.4) is 0 Å². The van der Waals surface area contributed by atoms with Gasteiger partial charge in [0, 0.05) is 25.2 Å². The molecule has 0 spiro atoms. The highest BCUT2D eigenvalue weighted by molar-refractivity contribution is 5.77. The van der Waals surface area contributed by atoms with Crippen LogP contribution >= 0.6 is 0 Å². The van der Waals surface area contributed by atoms with Gasteiger partial charge in [0.1, 0.15) is 0 Å². The van der Waals surface area contributed by atoms with Crippen LogP contribution < -0.4 is 31.7 Å². The molecule has 5 N–H and O–H groups in total. The Kier molecular flexibility index (Phi) is 7.25. The van der Waals surface area contributed by atoms with Gasteiger partial charge in [-0.1, -0.05) is 17.3 Å². The predicted molar refractivity (Wildman–Crippen MR) is 130 cm³/mol. The quantitative estimate of drug-likeness (QED) is 0.389. The third kappa shape index (κ3) is 5.39. The average Bonchev–Trinajstić information content (AvgIpc) is 3.29. The molecule has 0 unspecified atom stereocenters. The van der Waals surface area contributed by atoms with Crippen molar-refractivity contribution >= 4 is 35.1 Å². The first-order valence-corrected chi connectivity index (χ1v) is 12.1. The van der Waals surface area contributed by atoms with Crippen molar-refractivity contribution in [3.8, 4) is 0 Å². The van der Waals surface area contributed by atoms with Gasteiger partial charge in [0.15, 0.2) is 0 Å². The van der Waals surface area contributed by atoms with Crippen LogP contribution in [0.1, 0.15) is 25.7 Å². The topological polar surface area (TPSA) is 137 Å². The molecule has 2 aromatic rings. The first-order valence-electron chi connectivity index (χ1n) is 12.1. The fourth-order valence-electron chi connectivity index (χ4n) is 4.67. The van der Waals surface area contributed by atoms with E-state index in [1.807, 2.05) is 4.90 Å². The normalized spacial score (nSPS) is 22.4. The molecule has 1 aromatic heterocycles. The van der Waals surface area contributed by atoms with Gasteiger partial charge in [-0.05, 0) is 37.8 Å². The Hall–Kier alpha value is -3.36. The Bertz CT molecular complexity index is 1060. The summed E-state index contributed by atoms with van der Waals surface area (Å²) >= 11 is 0. The molecular formula is C22H30F2N10O2. The summed E-state index contributed by atoms with van der Waals surface area (Å²) in [7, 11) is 0. The number of hydrogen-bond acceptors (Lipinski definition) is 11. The van der Waals surface area contributed by atoms with Crippen molar-refractivity contribution in [3.05, 3.63) is 24.3 Å². The molecular weight excluding hydrogens is 474 g/mol. The Morgan fingerprint density at radius 2 is 1.78 bits per heavy atom. The first kappa shape index (κ1) is 24.3. The van der Waals surface area contributed by atoms with Gasteiger partial charge >= 0.3 is 6.55 Å². The summed E-state index contributed by atoms with van der Waals surface area (Å²) in [6, 6.07) is 7.32. The van der Waals surface area contributed by atoms with Gasteiger partial charge in [0.25, 0.3) is 5.95 Å². The van der Waals surface area contributed by atoms with Crippen LogP contribution in [-0.2, 0) is 9.53 Å². The van der Waals surface area contributed by atoms with Crippen molar-refractivity contribution in [1.29, 1.82) is 0 Å². The van der Waals surface area contributed by atoms with Gasteiger partial charge in [-0.25, -0.2) is 5.01 Å². The number of primary amides is 1. The number of benzene rings is 1. The number of morpholine rings is 1. The molecule has 3 aliphatic rings. The highest BCUT2D eigenvalue weighted by Crippen LogP contribution is 2.39. The number of nitrogens with two attached hydrogens (primary N) is 1. The van der Waals surface area contributed by atoms with Crippen LogP contribution in [-0.4, -0.2) is 77.5 Å². The van der Waals surface area contributed by atoms with E-state index in [0.29, 0.717) is 54.7 Å². The number of amides is 1. The Labute approximate surface area is 207 Å². The molecule has 1 amide bonds. The van der Waals surface area contributed by atoms with Crippen molar-refractivity contribution in [3.63, 3.8) is 0 Å². The number of aromatic nitrogens is 3. The number of hydrogen-bond donors (Lipinski definition) is 4. The van der Waals surface area contributed by atoms with Crippen LogP contribution in [0.4, 0.5) is 38.0 Å². The molecule has 2 fully saturated rings. The largest absolute Gasteiger partial charge is 0.378 e. The lowest BCUT2D eigenvalue weighted by Gasteiger charge is -2.31. The zero-order chi connectivity index (χ0) is 25.1. The van der Waals surface area contributed by atoms with Crippen LogP contribution in [0.25, 0.3) is 0 Å². The minimum atomic E-state index is -2.83. The molecule has 5 rings (SSSR count). The van der Waals surface area contributed by atoms with Crippen LogP contribution in [0, 0.1) is 0 Å². The number of nitrogens with zero attached hydrogens (tertiary/aromatic N) is 6. The standard InChI is InChI=1S/C22H30F2N10O2/c23-19(24)34-31-16-3-1-2-4-17(16)33(34)22-29-20(28-21(30-22)32-9-11-36-12-10-32)27-15-7-5-14(6-8-15)26-13-18(25)35/h1-4,14-15,19,26,31H,5-13H2,(H2,25,35)(H,27,28,29,30). The van der Waals surface area contributed by atoms with Crippen molar-refractivity contribution in [1.82, 2.24) is 25.4 Å². The number of alkyl halides is 2. The lowest BCUT2D eigenvalue weighted by molar-refractivity contribution is -0.117. The number of anilines is 5. The number of rotatable bonds is 8. The summed E-state index contributed by atoms with van der Waals surface area (Å²) in [4.78, 5) is 26.8. The maximum absolute atomic E-state index is 14.0. The van der Waals surface area contributed by atoms with Gasteiger partial charge in [0.2, 0.25) is 17.8 Å². The predicted octanol–water partition coefficient (Wildman–Crippen LogP) is 1.42. The van der Waals surface area contributed by atoms with Crippen molar-refractivity contribution in [2.24, 2.45) is 5.73 Å². The fourth-order valence-corrected chi connectivity index (χ4v) is 4.67. The van der Waals surface area contributed by atoms with Crippen LogP contribution in [0.2, 0.25) is 0 Å². The van der Waals surface area contributed by atoms with E-state index in [-0.39, 0.29) is 30.5 Å². The number of carbonyl (C=O) groups excluding carboxylic acids is 1. The molecule has 1 aliphatic carbocycles. The summed E-state index contributed by atoms with van der Waals surface area (Å²) in [5, 5.41) is 8.55. The highest BCUT2D eigenvalue weighted by Gasteiger charge is 2.36. The Balaban J connectivity index is 1.40. The van der Waals surface area contributed by atoms with E-state index in [0.717, 1.165) is 25.7 Å². The number of fused-ring (bicyclic) bond motifs is 1. The van der Waals surface area contributed by atoms with E-state index in [1.165, 1.54) is 5.01 Å². The van der Waals surface area contributed by atoms with Gasteiger partial charge < -0.3 is 26.0 Å². The smallest absolute Gasteiger partial charge is 0.328 e. The Morgan fingerprint density at radius 1 is 1.08 bits per heavy atom. The van der Waals surface area contributed by atoms with Crippen LogP contribution in [0.5, 0.6) is 0 Å². The minimum absolute atomic E-state index is 0.0866. The molecule has 3 heterocycles. The van der Waals surface area contributed by atoms with E-state index in [2.05, 4.69) is 31.0 Å². The van der Waals surface area contributed by atoms with Crippen molar-refractivity contribution < 1.29 is 18.3 Å². The second kappa shape index (κ2) is 10.7. The van der Waals surface area contributed by atoms with E-state index in [1.54, 1.807) is 24.3 Å². The molecule has 14 heteroatoms. The first-order chi connectivity index (χ1) is 17.5. The van der Waals surface area contributed by atoms with Crippen molar-refractivity contribution in [2.45, 2.75) is 44.3 Å². The molecule has 36 heavy (non-hydrogen) atoms. The zero-order valence-electron chi connectivity index (χ0n) is 19.7. The molecule has 0 bridgehead atoms. The minimum Gasteiger partial charge on any atom is -0.378 e. The number of ether oxygens (including phenoxy) is 1. The lowest BCUT2D eigenvalue weighted by atomic mass is 9.91. The lowest BCUT2D eigenvalue weighted by Crippen LogP contribution is -2.44. The van der Waals surface area contributed by atoms with Crippen molar-refractivity contribution in [2.75, 3.05) is 53.5 Å². The van der Waals surface area contributed by atoms with Gasteiger partial charge in [0.05, 0.1) is 31.1 Å². The number of nitrogens with one attached hydrogen (secondary N) is 3. The fraction of sp³-hybridized carbons (Fsp3) is 0.545. The molecule has 1 saturated heterocycles. The molecule has 2 aliphatic heterocycles. The summed E-state index contributed by atoms with van der Waals surface area (Å²) in [5.41, 5.74) is 9.00. The second-order valence-electron chi connectivity index (χ2n) is 8.96. The maximum Gasteiger partial charge on any atom is 0.328 e. The van der Waals surface area contributed by atoms with Gasteiger partial charge in [-0.2, -0.15) is 23.7 Å². The Morgan fingerprint density at radius 3 is 2.50 bits per heavy atom. The number of hydrazine groups is 2.